The Morgan fingerprint density at radius 2 is 1.93 bits per heavy atom. The number of anilines is 1. The van der Waals surface area contributed by atoms with Crippen LogP contribution in [0.4, 0.5) is 5.69 Å². The summed E-state index contributed by atoms with van der Waals surface area (Å²) in [5, 5.41) is 5.80. The van der Waals surface area contributed by atoms with Gasteiger partial charge in [-0.25, -0.2) is 4.98 Å². The molecule has 0 saturated heterocycles. The Balaban J connectivity index is 1.53. The number of aromatic nitrogens is 2. The van der Waals surface area contributed by atoms with Crippen LogP contribution in [0.25, 0.3) is 5.65 Å². The van der Waals surface area contributed by atoms with E-state index in [1.54, 1.807) is 0 Å². The molecule has 6 nitrogen and oxygen atoms in total. The van der Waals surface area contributed by atoms with Crippen molar-refractivity contribution in [3.8, 4) is 0 Å². The van der Waals surface area contributed by atoms with E-state index in [4.69, 9.17) is 0 Å². The van der Waals surface area contributed by atoms with Crippen LogP contribution in [-0.2, 0) is 4.79 Å². The third kappa shape index (κ3) is 4.42. The van der Waals surface area contributed by atoms with Crippen LogP contribution < -0.4 is 10.6 Å². The number of carbonyl (C=O) groups excluding carboxylic acids is 2. The Morgan fingerprint density at radius 3 is 2.68 bits per heavy atom. The van der Waals surface area contributed by atoms with Crippen LogP contribution >= 0.6 is 15.9 Å². The number of hydrogen-bond donors (Lipinski definition) is 2. The number of rotatable bonds is 6. The van der Waals surface area contributed by atoms with Crippen molar-refractivity contribution in [3.05, 3.63) is 63.5 Å². The third-order valence-corrected chi connectivity index (χ3v) is 5.06. The second kappa shape index (κ2) is 8.56. The molecular formula is C21H23BrN4O2. The highest BCUT2D eigenvalue weighted by Crippen LogP contribution is 2.20. The fourth-order valence-corrected chi connectivity index (χ4v) is 3.58. The molecule has 0 bridgehead atoms. The fraction of sp³-hybridized carbons (Fsp3) is 0.286. The molecule has 7 heteroatoms. The minimum Gasteiger partial charge on any atom is -0.351 e. The van der Waals surface area contributed by atoms with Gasteiger partial charge in [-0.2, -0.15) is 0 Å². The van der Waals surface area contributed by atoms with Crippen LogP contribution in [0, 0.1) is 20.8 Å². The molecule has 0 aliphatic carbocycles. The first-order valence-electron chi connectivity index (χ1n) is 9.15. The lowest BCUT2D eigenvalue weighted by Crippen LogP contribution is -2.27. The van der Waals surface area contributed by atoms with Crippen LogP contribution in [0.5, 0.6) is 0 Å². The quantitative estimate of drug-likeness (QED) is 0.562. The number of carbonyl (C=O) groups is 2. The van der Waals surface area contributed by atoms with E-state index in [1.165, 1.54) is 0 Å². The zero-order valence-electron chi connectivity index (χ0n) is 16.2. The van der Waals surface area contributed by atoms with Gasteiger partial charge in [0, 0.05) is 29.3 Å². The smallest absolute Gasteiger partial charge is 0.270 e. The second-order valence-electron chi connectivity index (χ2n) is 6.80. The van der Waals surface area contributed by atoms with Crippen molar-refractivity contribution >= 4 is 39.1 Å². The van der Waals surface area contributed by atoms with Crippen LogP contribution in [0.1, 0.15) is 40.2 Å². The van der Waals surface area contributed by atoms with Gasteiger partial charge in [0.05, 0.1) is 5.69 Å². The lowest BCUT2D eigenvalue weighted by molar-refractivity contribution is -0.116. The summed E-state index contributed by atoms with van der Waals surface area (Å²) < 4.78 is 2.78. The summed E-state index contributed by atoms with van der Waals surface area (Å²) in [5.41, 5.74) is 4.83. The van der Waals surface area contributed by atoms with E-state index in [0.717, 1.165) is 26.9 Å². The minimum absolute atomic E-state index is 0.0683. The number of pyridine rings is 1. The fourth-order valence-electron chi connectivity index (χ4n) is 3.11. The molecule has 146 valence electrons. The highest BCUT2D eigenvalue weighted by molar-refractivity contribution is 9.10. The molecule has 1 aromatic carbocycles. The summed E-state index contributed by atoms with van der Waals surface area (Å²) in [6.45, 7) is 6.16. The van der Waals surface area contributed by atoms with Gasteiger partial charge >= 0.3 is 0 Å². The third-order valence-electron chi connectivity index (χ3n) is 4.56. The van der Waals surface area contributed by atoms with Gasteiger partial charge in [0.1, 0.15) is 11.3 Å². The average Bonchev–Trinajstić information content (AvgIpc) is 2.98. The van der Waals surface area contributed by atoms with Gasteiger partial charge in [-0.1, -0.05) is 22.0 Å². The maximum Gasteiger partial charge on any atom is 0.270 e. The first-order valence-corrected chi connectivity index (χ1v) is 9.94. The summed E-state index contributed by atoms with van der Waals surface area (Å²) in [6, 6.07) is 9.58. The van der Waals surface area contributed by atoms with Gasteiger partial charge in [0.15, 0.2) is 0 Å². The molecule has 3 aromatic rings. The van der Waals surface area contributed by atoms with Gasteiger partial charge in [-0.3, -0.25) is 14.0 Å². The number of aryl methyl sites for hydroxylation is 3. The highest BCUT2D eigenvalue weighted by atomic mass is 79.9. The van der Waals surface area contributed by atoms with Gasteiger partial charge in [0.2, 0.25) is 5.91 Å². The second-order valence-corrected chi connectivity index (χ2v) is 7.71. The van der Waals surface area contributed by atoms with Gasteiger partial charge in [-0.15, -0.1) is 0 Å². The van der Waals surface area contributed by atoms with E-state index < -0.39 is 0 Å². The largest absolute Gasteiger partial charge is 0.351 e. The molecule has 2 aromatic heterocycles. The molecule has 3 rings (SSSR count). The SMILES string of the molecule is Cc1cc(Br)ccc1NC(=O)CCCNC(=O)c1c(C)nc2c(C)cccn12. The Labute approximate surface area is 172 Å². The van der Waals surface area contributed by atoms with Crippen molar-refractivity contribution in [2.75, 3.05) is 11.9 Å². The molecule has 0 spiro atoms. The predicted molar refractivity (Wildman–Crippen MR) is 114 cm³/mol. The predicted octanol–water partition coefficient (Wildman–Crippen LogP) is 4.17. The van der Waals surface area contributed by atoms with Crippen LogP contribution in [0.2, 0.25) is 0 Å². The zero-order valence-corrected chi connectivity index (χ0v) is 17.8. The molecule has 0 unspecified atom stereocenters. The van der Waals surface area contributed by atoms with Crippen LogP contribution in [0.3, 0.4) is 0 Å². The summed E-state index contributed by atoms with van der Waals surface area (Å²) in [7, 11) is 0. The Morgan fingerprint density at radius 1 is 1.14 bits per heavy atom. The maximum atomic E-state index is 12.6. The highest BCUT2D eigenvalue weighted by Gasteiger charge is 2.17. The standard InChI is InChI=1S/C21H23BrN4O2/c1-13-6-5-11-26-19(15(3)24-20(13)26)21(28)23-10-4-7-18(27)25-17-9-8-16(22)12-14(17)2/h5-6,8-9,11-12H,4,7,10H2,1-3H3,(H,23,28)(H,25,27). The van der Waals surface area contributed by atoms with Crippen LogP contribution in [0.15, 0.2) is 41.0 Å². The molecule has 0 fully saturated rings. The lowest BCUT2D eigenvalue weighted by Gasteiger charge is -2.09. The number of halogens is 1. The number of amides is 2. The summed E-state index contributed by atoms with van der Waals surface area (Å²) in [5.74, 6) is -0.249. The van der Waals surface area contributed by atoms with E-state index in [9.17, 15) is 9.59 Å². The van der Waals surface area contributed by atoms with Crippen molar-refractivity contribution in [1.29, 1.82) is 0 Å². The lowest BCUT2D eigenvalue weighted by atomic mass is 10.2. The van der Waals surface area contributed by atoms with Gasteiger partial charge in [-0.05, 0) is 62.6 Å². The molecule has 0 atom stereocenters. The number of hydrogen-bond acceptors (Lipinski definition) is 3. The number of fused-ring (bicyclic) bond motifs is 1. The monoisotopic (exact) mass is 442 g/mol. The van der Waals surface area contributed by atoms with E-state index >= 15 is 0 Å². The molecule has 0 aliphatic heterocycles. The number of benzene rings is 1. The molecular weight excluding hydrogens is 420 g/mol. The molecule has 28 heavy (non-hydrogen) atoms. The maximum absolute atomic E-state index is 12.6. The van der Waals surface area contributed by atoms with E-state index in [-0.39, 0.29) is 11.8 Å². The molecule has 0 aliphatic rings. The van der Waals surface area contributed by atoms with Crippen molar-refractivity contribution in [1.82, 2.24) is 14.7 Å². The van der Waals surface area contributed by atoms with E-state index in [0.29, 0.717) is 30.8 Å². The minimum atomic E-state index is -0.181. The molecule has 2 heterocycles. The van der Waals surface area contributed by atoms with E-state index in [1.807, 2.05) is 61.7 Å². The zero-order chi connectivity index (χ0) is 20.3. The number of nitrogens with one attached hydrogen (secondary N) is 2. The number of nitrogens with zero attached hydrogens (tertiary/aromatic N) is 2. The van der Waals surface area contributed by atoms with E-state index in [2.05, 4.69) is 31.5 Å². The summed E-state index contributed by atoms with van der Waals surface area (Å²) in [4.78, 5) is 29.2. The molecule has 0 radical (unpaired) electrons. The Kier molecular flexibility index (Phi) is 6.14. The molecule has 2 N–H and O–H groups in total. The summed E-state index contributed by atoms with van der Waals surface area (Å²) in [6.07, 6.45) is 2.73. The van der Waals surface area contributed by atoms with Crippen molar-refractivity contribution in [2.45, 2.75) is 33.6 Å². The first-order chi connectivity index (χ1) is 13.4. The first kappa shape index (κ1) is 20.1. The van der Waals surface area contributed by atoms with Gasteiger partial charge in [0.25, 0.3) is 5.91 Å². The Bertz CT molecular complexity index is 1040. The topological polar surface area (TPSA) is 75.5 Å². The Hall–Kier alpha value is -2.67. The molecule has 2 amide bonds. The molecule has 0 saturated carbocycles. The number of imidazole rings is 1. The van der Waals surface area contributed by atoms with Crippen molar-refractivity contribution in [3.63, 3.8) is 0 Å². The average molecular weight is 443 g/mol. The normalized spacial score (nSPS) is 10.9. The van der Waals surface area contributed by atoms with Gasteiger partial charge < -0.3 is 10.6 Å². The van der Waals surface area contributed by atoms with Crippen LogP contribution in [-0.4, -0.2) is 27.7 Å². The van der Waals surface area contributed by atoms with Crippen molar-refractivity contribution < 1.29 is 9.59 Å². The summed E-state index contributed by atoms with van der Waals surface area (Å²) >= 11 is 3.41. The van der Waals surface area contributed by atoms with Crippen molar-refractivity contribution in [2.24, 2.45) is 0 Å².